The molecule has 0 fully saturated rings. The number of carboxylic acid groups (broad SMARTS) is 1. The first-order valence-corrected chi connectivity index (χ1v) is 5.41. The molecule has 0 rings (SSSR count). The van der Waals surface area contributed by atoms with E-state index in [-0.39, 0.29) is 12.5 Å². The van der Waals surface area contributed by atoms with Gasteiger partial charge in [0, 0.05) is 0 Å². The Kier molecular flexibility index (Phi) is 8.47. The quantitative estimate of drug-likeness (QED) is 0.483. The number of carbonyl (C=O) groups is 1. The summed E-state index contributed by atoms with van der Waals surface area (Å²) >= 11 is 0. The Morgan fingerprint density at radius 1 is 1.18 bits per heavy atom. The van der Waals surface area contributed by atoms with Crippen molar-refractivity contribution in [3.63, 3.8) is 0 Å². The smallest absolute Gasteiger partial charge is 0.308 e. The van der Waals surface area contributed by atoms with Crippen LogP contribution >= 0.6 is 0 Å². The molecule has 1 N–H and O–H groups in total. The second-order valence-corrected chi connectivity index (χ2v) is 3.94. The summed E-state index contributed by atoms with van der Waals surface area (Å²) in [4.78, 5) is 37.3. The highest BCUT2D eigenvalue weighted by molar-refractivity contribution is 5.70. The first-order chi connectivity index (χ1) is 8.11. The second-order valence-electron chi connectivity index (χ2n) is 3.94. The molecule has 0 aliphatic heterocycles. The Bertz CT molecular complexity index is 330. The van der Waals surface area contributed by atoms with Crippen LogP contribution in [0.15, 0.2) is 9.98 Å². The van der Waals surface area contributed by atoms with E-state index in [0.29, 0.717) is 19.4 Å². The van der Waals surface area contributed by atoms with Crippen molar-refractivity contribution >= 4 is 18.1 Å². The molecule has 0 aromatic heterocycles. The number of nitrogens with zero attached hydrogens (tertiary/aromatic N) is 2. The lowest BCUT2D eigenvalue weighted by Gasteiger charge is -2.10. The van der Waals surface area contributed by atoms with Crippen molar-refractivity contribution in [2.45, 2.75) is 26.2 Å². The predicted molar refractivity (Wildman–Crippen MR) is 60.1 cm³/mol. The van der Waals surface area contributed by atoms with Gasteiger partial charge in [0.1, 0.15) is 0 Å². The number of hydrogen-bond acceptors (Lipinski definition) is 5. The highest BCUT2D eigenvalue weighted by Crippen LogP contribution is 2.14. The Balaban J connectivity index is 3.92. The van der Waals surface area contributed by atoms with Crippen molar-refractivity contribution in [2.24, 2.45) is 21.8 Å². The van der Waals surface area contributed by atoms with E-state index in [0.717, 1.165) is 6.42 Å². The second kappa shape index (κ2) is 9.46. The summed E-state index contributed by atoms with van der Waals surface area (Å²) in [5, 5.41) is 8.85. The molecule has 0 aromatic carbocycles. The van der Waals surface area contributed by atoms with Crippen molar-refractivity contribution in [1.29, 1.82) is 0 Å². The molecule has 2 unspecified atom stereocenters. The molecule has 0 spiro atoms. The Morgan fingerprint density at radius 2 is 1.76 bits per heavy atom. The molecule has 2 atom stereocenters. The number of carboxylic acids is 1. The van der Waals surface area contributed by atoms with Crippen LogP contribution in [-0.4, -0.2) is 36.3 Å². The molecule has 6 heteroatoms. The van der Waals surface area contributed by atoms with Gasteiger partial charge in [-0.2, -0.15) is 0 Å². The first kappa shape index (κ1) is 15.2. The molecule has 0 saturated carbocycles. The largest absolute Gasteiger partial charge is 0.481 e. The van der Waals surface area contributed by atoms with Gasteiger partial charge < -0.3 is 5.11 Å². The van der Waals surface area contributed by atoms with Crippen LogP contribution in [-0.2, 0) is 14.4 Å². The van der Waals surface area contributed by atoms with Crippen LogP contribution in [0.2, 0.25) is 0 Å². The van der Waals surface area contributed by atoms with Gasteiger partial charge in [0.2, 0.25) is 12.2 Å². The zero-order chi connectivity index (χ0) is 13.1. The van der Waals surface area contributed by atoms with Crippen molar-refractivity contribution in [3.8, 4) is 0 Å². The monoisotopic (exact) mass is 240 g/mol. The predicted octanol–water partition coefficient (Wildman–Crippen LogP) is 1.17. The number of rotatable bonds is 9. The highest BCUT2D eigenvalue weighted by atomic mass is 16.4. The van der Waals surface area contributed by atoms with Gasteiger partial charge in [0.15, 0.2) is 0 Å². The summed E-state index contributed by atoms with van der Waals surface area (Å²) in [6.45, 7) is 2.31. The Labute approximate surface area is 99.5 Å². The summed E-state index contributed by atoms with van der Waals surface area (Å²) in [7, 11) is 0. The van der Waals surface area contributed by atoms with Crippen LogP contribution in [0.25, 0.3) is 0 Å². The van der Waals surface area contributed by atoms with Crippen molar-refractivity contribution in [3.05, 3.63) is 0 Å². The summed E-state index contributed by atoms with van der Waals surface area (Å²) in [6.07, 6.45) is 4.73. The summed E-state index contributed by atoms with van der Waals surface area (Å²) in [6, 6.07) is 0. The van der Waals surface area contributed by atoms with Gasteiger partial charge in [-0.3, -0.25) is 4.79 Å². The standard InChI is InChI=1S/C11H16N2O4/c1-9(5-12-7-14)3-2-4-10(11(16)17)6-13-8-15/h9-10H,2-6H2,1H3,(H,16,17). The van der Waals surface area contributed by atoms with Gasteiger partial charge in [-0.05, 0) is 18.8 Å². The lowest BCUT2D eigenvalue weighted by atomic mass is 9.97. The molecule has 0 amide bonds. The molecular weight excluding hydrogens is 224 g/mol. The maximum absolute atomic E-state index is 10.8. The first-order valence-electron chi connectivity index (χ1n) is 5.41. The minimum atomic E-state index is -0.956. The highest BCUT2D eigenvalue weighted by Gasteiger charge is 2.16. The average Bonchev–Trinajstić information content (AvgIpc) is 2.30. The number of aliphatic carboxylic acids is 1. The van der Waals surface area contributed by atoms with Crippen molar-refractivity contribution in [2.75, 3.05) is 13.1 Å². The van der Waals surface area contributed by atoms with Crippen LogP contribution in [0.5, 0.6) is 0 Å². The fourth-order valence-corrected chi connectivity index (χ4v) is 1.44. The number of aliphatic imine (C=N–C) groups is 2. The normalized spacial score (nSPS) is 13.0. The lowest BCUT2D eigenvalue weighted by molar-refractivity contribution is -0.141. The third-order valence-electron chi connectivity index (χ3n) is 2.44. The Morgan fingerprint density at radius 3 is 2.29 bits per heavy atom. The van der Waals surface area contributed by atoms with Gasteiger partial charge in [0.05, 0.1) is 19.0 Å². The van der Waals surface area contributed by atoms with E-state index in [1.54, 1.807) is 0 Å². The molecule has 0 saturated heterocycles. The molecule has 17 heavy (non-hydrogen) atoms. The molecule has 0 heterocycles. The molecule has 0 aromatic rings. The lowest BCUT2D eigenvalue weighted by Crippen LogP contribution is -2.17. The SMILES string of the molecule is CC(CCCC(CN=C=O)C(=O)O)CN=C=O. The zero-order valence-electron chi connectivity index (χ0n) is 9.76. The maximum atomic E-state index is 10.8. The molecular formula is C11H16N2O4. The third-order valence-corrected chi connectivity index (χ3v) is 2.44. The molecule has 0 aliphatic carbocycles. The van der Waals surface area contributed by atoms with Crippen molar-refractivity contribution < 1.29 is 19.5 Å². The van der Waals surface area contributed by atoms with Gasteiger partial charge in [-0.1, -0.05) is 13.3 Å². The van der Waals surface area contributed by atoms with Crippen LogP contribution < -0.4 is 0 Å². The summed E-state index contributed by atoms with van der Waals surface area (Å²) in [5.74, 6) is -1.37. The van der Waals surface area contributed by atoms with Gasteiger partial charge in [0.25, 0.3) is 0 Å². The van der Waals surface area contributed by atoms with Crippen LogP contribution in [0.4, 0.5) is 0 Å². The van der Waals surface area contributed by atoms with Gasteiger partial charge >= 0.3 is 5.97 Å². The van der Waals surface area contributed by atoms with E-state index in [1.165, 1.54) is 12.2 Å². The van der Waals surface area contributed by atoms with Crippen LogP contribution in [0.3, 0.4) is 0 Å². The minimum absolute atomic E-state index is 0.0281. The fraction of sp³-hybridized carbons (Fsp3) is 0.727. The van der Waals surface area contributed by atoms with E-state index in [4.69, 9.17) is 5.11 Å². The molecule has 6 nitrogen and oxygen atoms in total. The van der Waals surface area contributed by atoms with E-state index in [1.807, 2.05) is 6.92 Å². The van der Waals surface area contributed by atoms with E-state index in [2.05, 4.69) is 9.98 Å². The zero-order valence-corrected chi connectivity index (χ0v) is 9.76. The molecule has 94 valence electrons. The van der Waals surface area contributed by atoms with E-state index in [9.17, 15) is 14.4 Å². The molecule has 0 bridgehead atoms. The topological polar surface area (TPSA) is 96.2 Å². The molecule has 0 radical (unpaired) electrons. The number of carbonyl (C=O) groups excluding carboxylic acids is 2. The summed E-state index contributed by atoms with van der Waals surface area (Å²) in [5.41, 5.74) is 0. The van der Waals surface area contributed by atoms with E-state index < -0.39 is 11.9 Å². The van der Waals surface area contributed by atoms with Crippen LogP contribution in [0.1, 0.15) is 26.2 Å². The Hall–Kier alpha value is -1.77. The van der Waals surface area contributed by atoms with Gasteiger partial charge in [-0.15, -0.1) is 0 Å². The van der Waals surface area contributed by atoms with E-state index >= 15 is 0 Å². The minimum Gasteiger partial charge on any atom is -0.481 e. The summed E-state index contributed by atoms with van der Waals surface area (Å²) < 4.78 is 0. The third kappa shape index (κ3) is 8.08. The van der Waals surface area contributed by atoms with Crippen LogP contribution in [0, 0.1) is 11.8 Å². The number of isocyanates is 2. The van der Waals surface area contributed by atoms with Crippen molar-refractivity contribution in [1.82, 2.24) is 0 Å². The average molecular weight is 240 g/mol. The molecule has 0 aliphatic rings. The number of hydrogen-bond donors (Lipinski definition) is 1. The van der Waals surface area contributed by atoms with Gasteiger partial charge in [-0.25, -0.2) is 19.6 Å². The fourth-order valence-electron chi connectivity index (χ4n) is 1.44. The maximum Gasteiger partial charge on any atom is 0.308 e.